The average molecular weight is 377 g/mol. The molecule has 0 aromatic heterocycles. The number of piperidine rings is 1. The van der Waals surface area contributed by atoms with Crippen LogP contribution in [0.4, 0.5) is 11.4 Å². The molecule has 1 aromatic carbocycles. The van der Waals surface area contributed by atoms with E-state index in [-0.39, 0.29) is 11.6 Å². The van der Waals surface area contributed by atoms with Gasteiger partial charge in [-0.15, -0.1) is 0 Å². The molecule has 0 saturated carbocycles. The SMILES string of the molecule is O=C(c1ccc(N2CCOCC2)c([N+](=O)[O-])c1)N1CCC2(CC1)OCCO2. The van der Waals surface area contributed by atoms with Gasteiger partial charge in [0.15, 0.2) is 5.79 Å². The number of hydrogen-bond donors (Lipinski definition) is 0. The molecule has 9 nitrogen and oxygen atoms in total. The number of nitro benzene ring substituents is 1. The Balaban J connectivity index is 1.50. The van der Waals surface area contributed by atoms with Crippen LogP contribution < -0.4 is 4.90 Å². The lowest BCUT2D eigenvalue weighted by Crippen LogP contribution is -2.47. The van der Waals surface area contributed by atoms with Crippen molar-refractivity contribution in [1.29, 1.82) is 0 Å². The fourth-order valence-electron chi connectivity index (χ4n) is 3.89. The summed E-state index contributed by atoms with van der Waals surface area (Å²) in [4.78, 5) is 27.6. The quantitative estimate of drug-likeness (QED) is 0.581. The summed E-state index contributed by atoms with van der Waals surface area (Å²) in [5, 5.41) is 11.6. The van der Waals surface area contributed by atoms with Crippen LogP contribution in [0.25, 0.3) is 0 Å². The lowest BCUT2D eigenvalue weighted by molar-refractivity contribution is -0.384. The third-order valence-corrected chi connectivity index (χ3v) is 5.40. The molecular formula is C18H23N3O6. The summed E-state index contributed by atoms with van der Waals surface area (Å²) in [6.45, 7) is 4.47. The Labute approximate surface area is 156 Å². The van der Waals surface area contributed by atoms with Crippen LogP contribution in [0.15, 0.2) is 18.2 Å². The van der Waals surface area contributed by atoms with E-state index in [0.717, 1.165) is 0 Å². The zero-order valence-corrected chi connectivity index (χ0v) is 15.1. The third kappa shape index (κ3) is 3.62. The molecule has 0 radical (unpaired) electrons. The Morgan fingerprint density at radius 3 is 2.33 bits per heavy atom. The summed E-state index contributed by atoms with van der Waals surface area (Å²) >= 11 is 0. The van der Waals surface area contributed by atoms with Gasteiger partial charge in [0.25, 0.3) is 11.6 Å². The van der Waals surface area contributed by atoms with Crippen molar-refractivity contribution in [1.82, 2.24) is 4.90 Å². The summed E-state index contributed by atoms with van der Waals surface area (Å²) in [7, 11) is 0. The first kappa shape index (κ1) is 18.1. The van der Waals surface area contributed by atoms with Crippen LogP contribution in [-0.2, 0) is 14.2 Å². The highest BCUT2D eigenvalue weighted by Gasteiger charge is 2.41. The van der Waals surface area contributed by atoms with Gasteiger partial charge in [0.2, 0.25) is 0 Å². The first-order chi connectivity index (χ1) is 13.1. The molecule has 4 rings (SSSR count). The Bertz CT molecular complexity index is 718. The average Bonchev–Trinajstić information content (AvgIpc) is 3.16. The maximum atomic E-state index is 12.9. The molecule has 3 saturated heterocycles. The number of hydrogen-bond acceptors (Lipinski definition) is 7. The van der Waals surface area contributed by atoms with Crippen molar-refractivity contribution >= 4 is 17.3 Å². The minimum atomic E-state index is -0.553. The second-order valence-corrected chi connectivity index (χ2v) is 6.96. The number of ether oxygens (including phenoxy) is 3. The summed E-state index contributed by atoms with van der Waals surface area (Å²) in [5.74, 6) is -0.748. The van der Waals surface area contributed by atoms with Crippen molar-refractivity contribution in [3.8, 4) is 0 Å². The monoisotopic (exact) mass is 377 g/mol. The van der Waals surface area contributed by atoms with Crippen LogP contribution in [0, 0.1) is 10.1 Å². The number of carbonyl (C=O) groups is 1. The summed E-state index contributed by atoms with van der Waals surface area (Å²) in [6, 6.07) is 4.73. The van der Waals surface area contributed by atoms with E-state index in [1.807, 2.05) is 4.90 Å². The lowest BCUT2D eigenvalue weighted by atomic mass is 10.0. The molecule has 1 aromatic rings. The van der Waals surface area contributed by atoms with Gasteiger partial charge in [-0.3, -0.25) is 14.9 Å². The Morgan fingerprint density at radius 1 is 1.04 bits per heavy atom. The predicted octanol–water partition coefficient (Wildman–Crippen LogP) is 1.41. The van der Waals surface area contributed by atoms with Crippen LogP contribution in [0.5, 0.6) is 0 Å². The first-order valence-electron chi connectivity index (χ1n) is 9.26. The molecule has 3 aliphatic rings. The van der Waals surface area contributed by atoms with Crippen molar-refractivity contribution < 1.29 is 23.9 Å². The highest BCUT2D eigenvalue weighted by Crippen LogP contribution is 2.33. The number of anilines is 1. The standard InChI is InChI=1S/C18H23N3O6/c22-17(20-5-3-18(4-6-20)26-11-12-27-18)14-1-2-15(16(13-14)21(23)24)19-7-9-25-10-8-19/h1-2,13H,3-12H2. The number of likely N-dealkylation sites (tertiary alicyclic amines) is 1. The summed E-state index contributed by atoms with van der Waals surface area (Å²) < 4.78 is 16.7. The molecule has 0 atom stereocenters. The molecule has 0 aliphatic carbocycles. The van der Waals surface area contributed by atoms with Gasteiger partial charge in [0.1, 0.15) is 5.69 Å². The number of nitro groups is 1. The molecule has 3 aliphatic heterocycles. The van der Waals surface area contributed by atoms with E-state index in [1.165, 1.54) is 6.07 Å². The second kappa shape index (κ2) is 7.41. The summed E-state index contributed by atoms with van der Waals surface area (Å²) in [5.41, 5.74) is 0.826. The number of morpholine rings is 1. The van der Waals surface area contributed by atoms with E-state index in [9.17, 15) is 14.9 Å². The molecule has 3 fully saturated rings. The van der Waals surface area contributed by atoms with Gasteiger partial charge < -0.3 is 24.0 Å². The van der Waals surface area contributed by atoms with Gasteiger partial charge in [0.05, 0.1) is 31.4 Å². The van der Waals surface area contributed by atoms with Crippen molar-refractivity contribution in [2.24, 2.45) is 0 Å². The van der Waals surface area contributed by atoms with Crippen LogP contribution >= 0.6 is 0 Å². The Kier molecular flexibility index (Phi) is 4.98. The van der Waals surface area contributed by atoms with E-state index >= 15 is 0 Å². The van der Waals surface area contributed by atoms with Gasteiger partial charge in [-0.2, -0.15) is 0 Å². The van der Waals surface area contributed by atoms with Crippen LogP contribution in [0.3, 0.4) is 0 Å². The van der Waals surface area contributed by atoms with Gasteiger partial charge >= 0.3 is 0 Å². The van der Waals surface area contributed by atoms with Crippen LogP contribution in [0.2, 0.25) is 0 Å². The van der Waals surface area contributed by atoms with Crippen LogP contribution in [-0.4, -0.2) is 74.1 Å². The maximum Gasteiger partial charge on any atom is 0.293 e. The van der Waals surface area contributed by atoms with Crippen molar-refractivity contribution in [3.05, 3.63) is 33.9 Å². The maximum absolute atomic E-state index is 12.9. The van der Waals surface area contributed by atoms with Gasteiger partial charge in [-0.25, -0.2) is 0 Å². The number of rotatable bonds is 3. The second-order valence-electron chi connectivity index (χ2n) is 6.96. The zero-order chi connectivity index (χ0) is 18.9. The van der Waals surface area contributed by atoms with E-state index in [4.69, 9.17) is 14.2 Å². The molecule has 0 unspecified atom stereocenters. The minimum Gasteiger partial charge on any atom is -0.378 e. The fourth-order valence-corrected chi connectivity index (χ4v) is 3.89. The molecule has 1 spiro atoms. The molecule has 0 N–H and O–H groups in total. The predicted molar refractivity (Wildman–Crippen MR) is 95.9 cm³/mol. The molecule has 1 amide bonds. The third-order valence-electron chi connectivity index (χ3n) is 5.40. The topological polar surface area (TPSA) is 94.4 Å². The van der Waals surface area contributed by atoms with E-state index in [2.05, 4.69) is 0 Å². The fraction of sp³-hybridized carbons (Fsp3) is 0.611. The van der Waals surface area contributed by atoms with Crippen molar-refractivity contribution in [2.75, 3.05) is 57.5 Å². The highest BCUT2D eigenvalue weighted by atomic mass is 16.7. The largest absolute Gasteiger partial charge is 0.378 e. The minimum absolute atomic E-state index is 0.0429. The number of amides is 1. The number of benzene rings is 1. The summed E-state index contributed by atoms with van der Waals surface area (Å²) in [6.07, 6.45) is 1.24. The highest BCUT2D eigenvalue weighted by molar-refractivity contribution is 5.96. The molecule has 27 heavy (non-hydrogen) atoms. The van der Waals surface area contributed by atoms with E-state index < -0.39 is 10.7 Å². The van der Waals surface area contributed by atoms with Crippen LogP contribution in [0.1, 0.15) is 23.2 Å². The van der Waals surface area contributed by atoms with Gasteiger partial charge in [0, 0.05) is 50.7 Å². The Morgan fingerprint density at radius 2 is 1.70 bits per heavy atom. The smallest absolute Gasteiger partial charge is 0.293 e. The molecule has 146 valence electrons. The first-order valence-corrected chi connectivity index (χ1v) is 9.26. The molecular weight excluding hydrogens is 354 g/mol. The van der Waals surface area contributed by atoms with Crippen molar-refractivity contribution in [3.63, 3.8) is 0 Å². The van der Waals surface area contributed by atoms with E-state index in [1.54, 1.807) is 17.0 Å². The number of nitrogens with zero attached hydrogens (tertiary/aromatic N) is 3. The lowest BCUT2D eigenvalue weighted by Gasteiger charge is -2.37. The normalized spacial score (nSPS) is 22.2. The molecule has 9 heteroatoms. The van der Waals surface area contributed by atoms with E-state index in [0.29, 0.717) is 76.7 Å². The molecule has 0 bridgehead atoms. The van der Waals surface area contributed by atoms with Gasteiger partial charge in [-0.05, 0) is 12.1 Å². The molecule has 3 heterocycles. The number of carbonyl (C=O) groups excluding carboxylic acids is 1. The van der Waals surface area contributed by atoms with Crippen molar-refractivity contribution in [2.45, 2.75) is 18.6 Å². The zero-order valence-electron chi connectivity index (χ0n) is 15.1. The Hall–Kier alpha value is -2.23. The van der Waals surface area contributed by atoms with Gasteiger partial charge in [-0.1, -0.05) is 0 Å².